The lowest BCUT2D eigenvalue weighted by molar-refractivity contribution is -0.115. The summed E-state index contributed by atoms with van der Waals surface area (Å²) in [6.07, 6.45) is 0. The minimum atomic E-state index is -0.518. The number of H-pyrrole nitrogens is 1. The zero-order chi connectivity index (χ0) is 18.6. The van der Waals surface area contributed by atoms with Gasteiger partial charge >= 0.3 is 5.76 Å². The maximum atomic E-state index is 13.0. The first kappa shape index (κ1) is 17.2. The topological polar surface area (TPSA) is 75.1 Å². The maximum absolute atomic E-state index is 13.0. The van der Waals surface area contributed by atoms with Crippen molar-refractivity contribution in [1.82, 2.24) is 4.98 Å². The van der Waals surface area contributed by atoms with Crippen molar-refractivity contribution in [2.45, 2.75) is 10.1 Å². The number of amides is 1. The van der Waals surface area contributed by atoms with Gasteiger partial charge in [0, 0.05) is 10.6 Å². The molecule has 1 unspecified atom stereocenters. The van der Waals surface area contributed by atoms with Crippen molar-refractivity contribution >= 4 is 34.5 Å². The van der Waals surface area contributed by atoms with E-state index in [-0.39, 0.29) is 5.91 Å². The molecule has 4 rings (SSSR count). The standard InChI is InChI=1S/C21H16N2O3S/c24-20(22-15-11-12-18-17(13-15)23-21(25)26-18)19(14-7-3-1-4-8-14)27-16-9-5-2-6-10-16/h1-13,19H,(H,22,24)(H,23,25). The summed E-state index contributed by atoms with van der Waals surface area (Å²) in [5, 5.41) is 2.53. The van der Waals surface area contributed by atoms with E-state index in [1.54, 1.807) is 18.2 Å². The Morgan fingerprint density at radius 1 is 0.963 bits per heavy atom. The van der Waals surface area contributed by atoms with Crippen LogP contribution in [-0.4, -0.2) is 10.9 Å². The van der Waals surface area contributed by atoms with E-state index in [4.69, 9.17) is 4.42 Å². The van der Waals surface area contributed by atoms with E-state index in [9.17, 15) is 9.59 Å². The Bertz CT molecular complexity index is 1120. The van der Waals surface area contributed by atoms with E-state index in [1.807, 2.05) is 60.7 Å². The molecule has 3 aromatic carbocycles. The normalized spacial score (nSPS) is 12.0. The summed E-state index contributed by atoms with van der Waals surface area (Å²) in [4.78, 5) is 27.9. The van der Waals surface area contributed by atoms with Crippen LogP contribution in [0.4, 0.5) is 5.69 Å². The Kier molecular flexibility index (Phi) is 4.80. The molecule has 2 N–H and O–H groups in total. The van der Waals surface area contributed by atoms with Crippen molar-refractivity contribution in [3.05, 3.63) is 95.0 Å². The fraction of sp³-hybridized carbons (Fsp3) is 0.0476. The van der Waals surface area contributed by atoms with E-state index >= 15 is 0 Å². The lowest BCUT2D eigenvalue weighted by Crippen LogP contribution is -2.19. The van der Waals surface area contributed by atoms with E-state index in [0.717, 1.165) is 10.5 Å². The summed E-state index contributed by atoms with van der Waals surface area (Å²) in [6, 6.07) is 24.5. The van der Waals surface area contributed by atoms with Gasteiger partial charge in [-0.25, -0.2) is 4.79 Å². The number of anilines is 1. The number of carbonyl (C=O) groups excluding carboxylic acids is 1. The van der Waals surface area contributed by atoms with Crippen LogP contribution >= 0.6 is 11.8 Å². The number of aromatic amines is 1. The fourth-order valence-electron chi connectivity index (χ4n) is 2.77. The van der Waals surface area contributed by atoms with Crippen molar-refractivity contribution in [2.24, 2.45) is 0 Å². The highest BCUT2D eigenvalue weighted by atomic mass is 32.2. The number of hydrogen-bond acceptors (Lipinski definition) is 4. The van der Waals surface area contributed by atoms with Crippen LogP contribution in [-0.2, 0) is 4.79 Å². The highest BCUT2D eigenvalue weighted by molar-refractivity contribution is 8.00. The molecule has 0 saturated heterocycles. The molecule has 0 aliphatic rings. The largest absolute Gasteiger partial charge is 0.417 e. The molecule has 6 heteroatoms. The first-order valence-corrected chi connectivity index (χ1v) is 9.27. The van der Waals surface area contributed by atoms with Crippen LogP contribution in [0.15, 0.2) is 93.0 Å². The monoisotopic (exact) mass is 376 g/mol. The summed E-state index contributed by atoms with van der Waals surface area (Å²) in [6.45, 7) is 0. The molecule has 1 atom stereocenters. The average molecular weight is 376 g/mol. The number of carbonyl (C=O) groups is 1. The van der Waals surface area contributed by atoms with E-state index in [0.29, 0.717) is 16.8 Å². The van der Waals surface area contributed by atoms with Gasteiger partial charge in [-0.3, -0.25) is 9.78 Å². The van der Waals surface area contributed by atoms with Gasteiger partial charge in [-0.15, -0.1) is 11.8 Å². The lowest BCUT2D eigenvalue weighted by atomic mass is 10.1. The van der Waals surface area contributed by atoms with Crippen molar-refractivity contribution in [3.8, 4) is 0 Å². The Balaban J connectivity index is 1.61. The lowest BCUT2D eigenvalue weighted by Gasteiger charge is -2.17. The van der Waals surface area contributed by atoms with Crippen LogP contribution < -0.4 is 11.1 Å². The Morgan fingerprint density at radius 3 is 2.41 bits per heavy atom. The van der Waals surface area contributed by atoms with Crippen LogP contribution in [0.25, 0.3) is 11.1 Å². The van der Waals surface area contributed by atoms with Crippen molar-refractivity contribution in [1.29, 1.82) is 0 Å². The number of oxazole rings is 1. The first-order chi connectivity index (χ1) is 13.2. The van der Waals surface area contributed by atoms with Gasteiger partial charge in [0.25, 0.3) is 0 Å². The second-order valence-corrected chi connectivity index (χ2v) is 7.11. The zero-order valence-corrected chi connectivity index (χ0v) is 15.0. The molecule has 134 valence electrons. The first-order valence-electron chi connectivity index (χ1n) is 8.39. The number of fused-ring (bicyclic) bond motifs is 1. The van der Waals surface area contributed by atoms with Gasteiger partial charge in [-0.2, -0.15) is 0 Å². The highest BCUT2D eigenvalue weighted by Crippen LogP contribution is 2.36. The fourth-order valence-corrected chi connectivity index (χ4v) is 3.82. The zero-order valence-electron chi connectivity index (χ0n) is 14.2. The summed E-state index contributed by atoms with van der Waals surface area (Å²) >= 11 is 1.49. The third-order valence-electron chi connectivity index (χ3n) is 4.02. The highest BCUT2D eigenvalue weighted by Gasteiger charge is 2.22. The molecule has 4 aromatic rings. The van der Waals surface area contributed by atoms with Crippen LogP contribution in [0.2, 0.25) is 0 Å². The van der Waals surface area contributed by atoms with Gasteiger partial charge in [-0.05, 0) is 35.9 Å². The molecule has 0 aliphatic heterocycles. The molecule has 1 amide bonds. The van der Waals surface area contributed by atoms with Gasteiger partial charge in [0.2, 0.25) is 5.91 Å². The quantitative estimate of drug-likeness (QED) is 0.500. The predicted octanol–water partition coefficient (Wildman–Crippen LogP) is 4.59. The average Bonchev–Trinajstić information content (AvgIpc) is 3.07. The number of thioether (sulfide) groups is 1. The van der Waals surface area contributed by atoms with E-state index < -0.39 is 11.0 Å². The number of benzene rings is 3. The van der Waals surface area contributed by atoms with Crippen LogP contribution in [0, 0.1) is 0 Å². The Hall–Kier alpha value is -3.25. The Labute approximate surface area is 159 Å². The molecular weight excluding hydrogens is 360 g/mol. The molecule has 5 nitrogen and oxygen atoms in total. The molecule has 0 bridgehead atoms. The van der Waals surface area contributed by atoms with Gasteiger partial charge in [0.15, 0.2) is 5.58 Å². The predicted molar refractivity (Wildman–Crippen MR) is 107 cm³/mol. The summed E-state index contributed by atoms with van der Waals surface area (Å²) in [5.74, 6) is -0.657. The molecule has 0 aliphatic carbocycles. The van der Waals surface area contributed by atoms with Gasteiger partial charge in [-0.1, -0.05) is 48.5 Å². The van der Waals surface area contributed by atoms with Gasteiger partial charge < -0.3 is 9.73 Å². The third kappa shape index (κ3) is 3.96. The third-order valence-corrected chi connectivity index (χ3v) is 5.29. The molecular formula is C21H16N2O3S. The number of hydrogen-bond donors (Lipinski definition) is 2. The maximum Gasteiger partial charge on any atom is 0.417 e. The number of nitrogens with one attached hydrogen (secondary N) is 2. The number of aromatic nitrogens is 1. The van der Waals surface area contributed by atoms with Gasteiger partial charge in [0.05, 0.1) is 5.52 Å². The van der Waals surface area contributed by atoms with E-state index in [1.165, 1.54) is 11.8 Å². The van der Waals surface area contributed by atoms with Crippen LogP contribution in [0.3, 0.4) is 0 Å². The SMILES string of the molecule is O=C(Nc1ccc2oc(=O)[nH]c2c1)C(Sc1ccccc1)c1ccccc1. The van der Waals surface area contributed by atoms with Crippen molar-refractivity contribution in [2.75, 3.05) is 5.32 Å². The second kappa shape index (κ2) is 7.55. The molecule has 0 fully saturated rings. The van der Waals surface area contributed by atoms with Crippen LogP contribution in [0.1, 0.15) is 10.8 Å². The molecule has 1 aromatic heterocycles. The summed E-state index contributed by atoms with van der Waals surface area (Å²) in [5.41, 5.74) is 2.52. The summed E-state index contributed by atoms with van der Waals surface area (Å²) < 4.78 is 5.00. The summed E-state index contributed by atoms with van der Waals surface area (Å²) in [7, 11) is 0. The number of rotatable bonds is 5. The molecule has 0 spiro atoms. The van der Waals surface area contributed by atoms with Crippen molar-refractivity contribution < 1.29 is 9.21 Å². The molecule has 0 radical (unpaired) electrons. The van der Waals surface area contributed by atoms with Gasteiger partial charge in [0.1, 0.15) is 5.25 Å². The second-order valence-electron chi connectivity index (χ2n) is 5.94. The molecule has 1 heterocycles. The van der Waals surface area contributed by atoms with E-state index in [2.05, 4.69) is 10.3 Å². The molecule has 0 saturated carbocycles. The Morgan fingerprint density at radius 2 is 1.67 bits per heavy atom. The minimum Gasteiger partial charge on any atom is -0.408 e. The molecule has 27 heavy (non-hydrogen) atoms. The van der Waals surface area contributed by atoms with Crippen molar-refractivity contribution in [3.63, 3.8) is 0 Å². The smallest absolute Gasteiger partial charge is 0.408 e. The van der Waals surface area contributed by atoms with Crippen LogP contribution in [0.5, 0.6) is 0 Å². The minimum absolute atomic E-state index is 0.139.